The van der Waals surface area contributed by atoms with E-state index in [0.29, 0.717) is 17.4 Å². The molecule has 0 aromatic carbocycles. The van der Waals surface area contributed by atoms with Gasteiger partial charge in [-0.15, -0.1) is 0 Å². The third kappa shape index (κ3) is 2.36. The summed E-state index contributed by atoms with van der Waals surface area (Å²) in [7, 11) is 1.50. The van der Waals surface area contributed by atoms with E-state index >= 15 is 0 Å². The molecule has 2 N–H and O–H groups in total. The van der Waals surface area contributed by atoms with Crippen LogP contribution >= 0.6 is 11.6 Å². The number of anilines is 1. The third-order valence-corrected chi connectivity index (χ3v) is 3.10. The molecule has 0 atom stereocenters. The van der Waals surface area contributed by atoms with Crippen molar-refractivity contribution in [1.29, 1.82) is 0 Å². The average molecular weight is 244 g/mol. The maximum absolute atomic E-state index is 9.17. The predicted molar refractivity (Wildman–Crippen MR) is 60.8 cm³/mol. The molecule has 5 nitrogen and oxygen atoms in total. The number of aliphatic hydroxyl groups excluding tert-OH is 1. The Morgan fingerprint density at radius 1 is 1.62 bits per heavy atom. The van der Waals surface area contributed by atoms with Gasteiger partial charge in [-0.05, 0) is 12.8 Å². The quantitative estimate of drug-likeness (QED) is 0.817. The van der Waals surface area contributed by atoms with Crippen LogP contribution < -0.4 is 10.1 Å². The van der Waals surface area contributed by atoms with Crippen LogP contribution in [0.5, 0.6) is 6.01 Å². The van der Waals surface area contributed by atoms with E-state index < -0.39 is 0 Å². The Labute approximate surface area is 98.8 Å². The van der Waals surface area contributed by atoms with Crippen molar-refractivity contribution >= 4 is 17.4 Å². The molecule has 2 rings (SSSR count). The van der Waals surface area contributed by atoms with Crippen molar-refractivity contribution in [1.82, 2.24) is 9.97 Å². The summed E-state index contributed by atoms with van der Waals surface area (Å²) in [4.78, 5) is 7.98. The minimum atomic E-state index is 0.0154. The van der Waals surface area contributed by atoms with Crippen molar-refractivity contribution in [2.75, 3.05) is 25.6 Å². The summed E-state index contributed by atoms with van der Waals surface area (Å²) in [6.45, 7) is 0.864. The summed E-state index contributed by atoms with van der Waals surface area (Å²) < 4.78 is 4.91. The Bertz CT molecular complexity index is 382. The van der Waals surface area contributed by atoms with E-state index in [0.717, 1.165) is 12.8 Å². The fourth-order valence-electron chi connectivity index (χ4n) is 1.41. The van der Waals surface area contributed by atoms with Crippen molar-refractivity contribution in [3.05, 3.63) is 11.2 Å². The van der Waals surface area contributed by atoms with Crippen molar-refractivity contribution in [3.8, 4) is 6.01 Å². The highest BCUT2D eigenvalue weighted by Crippen LogP contribution is 2.45. The van der Waals surface area contributed by atoms with Gasteiger partial charge in [0, 0.05) is 12.0 Å². The topological polar surface area (TPSA) is 67.3 Å². The van der Waals surface area contributed by atoms with E-state index in [1.54, 1.807) is 0 Å². The van der Waals surface area contributed by atoms with Gasteiger partial charge in [0.05, 0.1) is 19.9 Å². The number of rotatable bonds is 5. The Balaban J connectivity index is 2.03. The molecule has 88 valence electrons. The zero-order valence-electron chi connectivity index (χ0n) is 9.03. The summed E-state index contributed by atoms with van der Waals surface area (Å²) in [5.74, 6) is 0.549. The molecule has 1 aliphatic rings. The number of ether oxygens (including phenoxy) is 1. The second-order valence-corrected chi connectivity index (χ2v) is 4.47. The molecule has 1 aliphatic carbocycles. The fourth-order valence-corrected chi connectivity index (χ4v) is 1.57. The van der Waals surface area contributed by atoms with Crippen LogP contribution in [0, 0.1) is 5.41 Å². The monoisotopic (exact) mass is 243 g/mol. The number of aromatic nitrogens is 2. The van der Waals surface area contributed by atoms with Gasteiger partial charge in [0.15, 0.2) is 5.82 Å². The zero-order valence-corrected chi connectivity index (χ0v) is 9.79. The van der Waals surface area contributed by atoms with Crippen molar-refractivity contribution in [3.63, 3.8) is 0 Å². The fraction of sp³-hybridized carbons (Fsp3) is 0.600. The molecule has 6 heteroatoms. The molecule has 1 heterocycles. The normalized spacial score (nSPS) is 16.9. The van der Waals surface area contributed by atoms with Crippen LogP contribution in [0.2, 0.25) is 5.02 Å². The maximum Gasteiger partial charge on any atom is 0.318 e. The van der Waals surface area contributed by atoms with E-state index in [2.05, 4.69) is 15.3 Å². The molecule has 0 spiro atoms. The van der Waals surface area contributed by atoms with Gasteiger partial charge in [0.1, 0.15) is 5.02 Å². The number of aliphatic hydroxyl groups is 1. The van der Waals surface area contributed by atoms with Crippen molar-refractivity contribution < 1.29 is 9.84 Å². The first kappa shape index (κ1) is 11.4. The molecule has 1 fully saturated rings. The van der Waals surface area contributed by atoms with Crippen LogP contribution in [0.25, 0.3) is 0 Å². The van der Waals surface area contributed by atoms with Crippen LogP contribution in [0.3, 0.4) is 0 Å². The number of hydrogen-bond donors (Lipinski definition) is 2. The molecule has 1 aromatic heterocycles. The van der Waals surface area contributed by atoms with Gasteiger partial charge in [-0.25, -0.2) is 4.98 Å². The standard InChI is InChI=1S/C10H14ClN3O2/c1-16-9-12-4-7(11)8(14-9)13-5-10(6-15)2-3-10/h4,15H,2-3,5-6H2,1H3,(H,12,13,14). The Kier molecular flexibility index (Phi) is 3.16. The second kappa shape index (κ2) is 4.43. The second-order valence-electron chi connectivity index (χ2n) is 4.06. The van der Waals surface area contributed by atoms with Gasteiger partial charge in [0.2, 0.25) is 0 Å². The molecule has 1 aromatic rings. The van der Waals surface area contributed by atoms with E-state index in [4.69, 9.17) is 16.3 Å². The Hall–Kier alpha value is -1.07. The summed E-state index contributed by atoms with van der Waals surface area (Å²) in [6, 6.07) is 0.278. The minimum Gasteiger partial charge on any atom is -0.467 e. The summed E-state index contributed by atoms with van der Waals surface area (Å²) in [5.41, 5.74) is 0.0154. The van der Waals surface area contributed by atoms with Crippen LogP contribution in [-0.2, 0) is 0 Å². The number of nitrogens with one attached hydrogen (secondary N) is 1. The minimum absolute atomic E-state index is 0.0154. The number of halogens is 1. The highest BCUT2D eigenvalue weighted by atomic mass is 35.5. The highest BCUT2D eigenvalue weighted by molar-refractivity contribution is 6.32. The van der Waals surface area contributed by atoms with Crippen LogP contribution in [0.15, 0.2) is 6.20 Å². The Morgan fingerprint density at radius 2 is 2.38 bits per heavy atom. The molecule has 0 unspecified atom stereocenters. The molecule has 0 saturated heterocycles. The summed E-state index contributed by atoms with van der Waals surface area (Å²) in [6.07, 6.45) is 3.57. The average Bonchev–Trinajstić information content (AvgIpc) is 3.09. The molecule has 0 amide bonds. The van der Waals surface area contributed by atoms with E-state index in [9.17, 15) is 5.11 Å². The van der Waals surface area contributed by atoms with Gasteiger partial charge >= 0.3 is 6.01 Å². The SMILES string of the molecule is COc1ncc(Cl)c(NCC2(CO)CC2)n1. The molecule has 0 radical (unpaired) electrons. The largest absolute Gasteiger partial charge is 0.467 e. The predicted octanol–water partition coefficient (Wildman–Crippen LogP) is 1.32. The zero-order chi connectivity index (χ0) is 11.6. The molecule has 0 bridgehead atoms. The molecular formula is C10H14ClN3O2. The summed E-state index contributed by atoms with van der Waals surface area (Å²) >= 11 is 5.94. The smallest absolute Gasteiger partial charge is 0.318 e. The van der Waals surface area contributed by atoms with E-state index in [-0.39, 0.29) is 18.0 Å². The van der Waals surface area contributed by atoms with E-state index in [1.807, 2.05) is 0 Å². The number of nitrogens with zero attached hydrogens (tertiary/aromatic N) is 2. The Morgan fingerprint density at radius 3 is 2.94 bits per heavy atom. The third-order valence-electron chi connectivity index (χ3n) is 2.83. The number of hydrogen-bond acceptors (Lipinski definition) is 5. The van der Waals surface area contributed by atoms with Gasteiger partial charge < -0.3 is 15.2 Å². The van der Waals surface area contributed by atoms with Gasteiger partial charge in [-0.3, -0.25) is 0 Å². The van der Waals surface area contributed by atoms with Crippen LogP contribution in [0.4, 0.5) is 5.82 Å². The maximum atomic E-state index is 9.17. The molecule has 16 heavy (non-hydrogen) atoms. The lowest BCUT2D eigenvalue weighted by Gasteiger charge is -2.14. The van der Waals surface area contributed by atoms with Gasteiger partial charge in [-0.2, -0.15) is 4.98 Å². The lowest BCUT2D eigenvalue weighted by Crippen LogP contribution is -2.19. The molecular weight excluding hydrogens is 230 g/mol. The molecule has 1 saturated carbocycles. The van der Waals surface area contributed by atoms with Gasteiger partial charge in [0.25, 0.3) is 0 Å². The first-order chi connectivity index (χ1) is 7.69. The lowest BCUT2D eigenvalue weighted by molar-refractivity contribution is 0.219. The number of methoxy groups -OCH3 is 1. The van der Waals surface area contributed by atoms with Crippen molar-refractivity contribution in [2.45, 2.75) is 12.8 Å². The summed E-state index contributed by atoms with van der Waals surface area (Å²) in [5, 5.41) is 12.7. The first-order valence-corrected chi connectivity index (χ1v) is 5.48. The van der Waals surface area contributed by atoms with Crippen molar-refractivity contribution in [2.24, 2.45) is 5.41 Å². The first-order valence-electron chi connectivity index (χ1n) is 5.10. The van der Waals surface area contributed by atoms with Crippen LogP contribution in [-0.4, -0.2) is 35.3 Å². The van der Waals surface area contributed by atoms with E-state index in [1.165, 1.54) is 13.3 Å². The highest BCUT2D eigenvalue weighted by Gasteiger charge is 2.41. The van der Waals surface area contributed by atoms with Gasteiger partial charge in [-0.1, -0.05) is 11.6 Å². The molecule has 0 aliphatic heterocycles. The van der Waals surface area contributed by atoms with Crippen LogP contribution in [0.1, 0.15) is 12.8 Å². The lowest BCUT2D eigenvalue weighted by atomic mass is 10.1.